The van der Waals surface area contributed by atoms with E-state index in [0.29, 0.717) is 54.0 Å². The van der Waals surface area contributed by atoms with Crippen LogP contribution in [0.4, 0.5) is 39.3 Å². The molecule has 6 amide bonds. The van der Waals surface area contributed by atoms with Crippen LogP contribution in [-0.4, -0.2) is 131 Å². The number of benzene rings is 4. The Morgan fingerprint density at radius 3 is 2.16 bits per heavy atom. The molecule has 9 rings (SSSR count). The number of methoxy groups -OCH3 is 2. The van der Waals surface area contributed by atoms with Gasteiger partial charge in [-0.25, -0.2) is 14.8 Å². The molecule has 20 nitrogen and oxygen atoms in total. The molecule has 0 aliphatic carbocycles. The largest absolute Gasteiger partial charge is 0.497 e. The maximum absolute atomic E-state index is 14.5. The third-order valence-corrected chi connectivity index (χ3v) is 16.2. The number of aromatic nitrogens is 3. The van der Waals surface area contributed by atoms with E-state index in [2.05, 4.69) is 53.2 Å². The summed E-state index contributed by atoms with van der Waals surface area (Å²) in [4.78, 5) is 92.6. The maximum atomic E-state index is 14.5. The summed E-state index contributed by atoms with van der Waals surface area (Å²) in [5.41, 5.74) is 8.74. The lowest BCUT2D eigenvalue weighted by Crippen LogP contribution is -2.57. The number of hydrogen-bond donors (Lipinski definition) is 5. The van der Waals surface area contributed by atoms with Crippen molar-refractivity contribution in [2.45, 2.75) is 105 Å². The predicted molar refractivity (Wildman–Crippen MR) is 319 cm³/mol. The number of ether oxygens (including phenoxy) is 2. The van der Waals surface area contributed by atoms with E-state index in [1.165, 1.54) is 4.90 Å². The molecule has 5 N–H and O–H groups in total. The number of fused-ring (bicyclic) bond motifs is 1. The second kappa shape index (κ2) is 25.8. The van der Waals surface area contributed by atoms with Gasteiger partial charge in [-0.1, -0.05) is 64.1 Å². The molecule has 3 aliphatic heterocycles. The number of piperazine rings is 1. The average molecular weight is 1140 g/mol. The third-order valence-electron chi connectivity index (χ3n) is 15.2. The van der Waals surface area contributed by atoms with Crippen LogP contribution in [0.5, 0.6) is 11.5 Å². The van der Waals surface area contributed by atoms with E-state index in [-0.39, 0.29) is 68.2 Å². The number of amides is 6. The molecule has 4 aromatic carbocycles. The van der Waals surface area contributed by atoms with Crippen LogP contribution in [0.2, 0.25) is 0 Å². The average Bonchev–Trinajstić information content (AvgIpc) is 4.20. The van der Waals surface area contributed by atoms with Crippen LogP contribution in [-0.2, 0) is 32.3 Å². The van der Waals surface area contributed by atoms with Gasteiger partial charge in [0.25, 0.3) is 0 Å². The normalized spacial score (nSPS) is 17.2. The Bertz CT molecular complexity index is 3210. The molecule has 3 aliphatic rings. The first-order valence-corrected chi connectivity index (χ1v) is 28.8. The first kappa shape index (κ1) is 58.5. The van der Waals surface area contributed by atoms with Gasteiger partial charge < -0.3 is 45.6 Å². The lowest BCUT2D eigenvalue weighted by atomic mass is 9.85. The van der Waals surface area contributed by atoms with Crippen molar-refractivity contribution in [2.75, 3.05) is 78.8 Å². The Morgan fingerprint density at radius 1 is 0.841 bits per heavy atom. The van der Waals surface area contributed by atoms with Gasteiger partial charge in [0.05, 0.1) is 61.2 Å². The summed E-state index contributed by atoms with van der Waals surface area (Å²) >= 11 is 1.58. The van der Waals surface area contributed by atoms with E-state index in [9.17, 15) is 29.1 Å². The van der Waals surface area contributed by atoms with Crippen LogP contribution in [0.3, 0.4) is 0 Å². The van der Waals surface area contributed by atoms with Gasteiger partial charge in [-0.05, 0) is 85.3 Å². The first-order valence-electron chi connectivity index (χ1n) is 27.9. The molecule has 2 saturated heterocycles. The summed E-state index contributed by atoms with van der Waals surface area (Å²) in [6, 6.07) is 26.3. The van der Waals surface area contributed by atoms with Gasteiger partial charge in [0.15, 0.2) is 0 Å². The van der Waals surface area contributed by atoms with Crippen molar-refractivity contribution in [1.82, 2.24) is 35.4 Å². The van der Waals surface area contributed by atoms with Crippen LogP contribution < -0.4 is 45.4 Å². The van der Waals surface area contributed by atoms with Gasteiger partial charge in [-0.15, -0.1) is 11.3 Å². The van der Waals surface area contributed by atoms with E-state index < -0.39 is 23.6 Å². The van der Waals surface area contributed by atoms with Gasteiger partial charge >= 0.3 is 6.03 Å². The fraction of sp³-hybridized carbons (Fsp3) is 0.410. The second-order valence-electron chi connectivity index (χ2n) is 22.2. The number of carbonyl (C=O) groups is 5. The fourth-order valence-electron chi connectivity index (χ4n) is 10.5. The summed E-state index contributed by atoms with van der Waals surface area (Å²) in [6.45, 7) is 15.7. The number of likely N-dealkylation sites (tertiary alicyclic amines) is 1. The number of aliphatic hydroxyl groups excluding tert-OH is 1. The number of aliphatic hydroxyl groups is 1. The first-order chi connectivity index (χ1) is 39.4. The molecule has 2 aromatic heterocycles. The number of hydrogen-bond acceptors (Lipinski definition) is 15. The van der Waals surface area contributed by atoms with E-state index in [1.54, 1.807) is 66.7 Å². The number of β-amino-alcohol motifs (C(OH)–C–C–N with tert-alkyl or cyclic N) is 1. The molecule has 6 aromatic rings. The number of carbonyl (C=O) groups excluding carboxylic acids is 5. The molecular formula is C61H74N12O8S. The number of aryl methyl sites for hydroxylation is 1. The smallest absolute Gasteiger partial charge is 0.330 e. The zero-order valence-corrected chi connectivity index (χ0v) is 48.7. The van der Waals surface area contributed by atoms with Crippen molar-refractivity contribution in [3.63, 3.8) is 0 Å². The van der Waals surface area contributed by atoms with Gasteiger partial charge in [-0.2, -0.15) is 4.98 Å². The Balaban J connectivity index is 0.765. The van der Waals surface area contributed by atoms with Crippen LogP contribution in [0.1, 0.15) is 88.7 Å². The van der Waals surface area contributed by atoms with Crippen molar-refractivity contribution in [2.24, 2.45) is 5.41 Å². The lowest BCUT2D eigenvalue weighted by Gasteiger charge is -2.36. The molecule has 5 heterocycles. The molecule has 82 heavy (non-hydrogen) atoms. The van der Waals surface area contributed by atoms with Crippen LogP contribution in [0.25, 0.3) is 10.4 Å². The van der Waals surface area contributed by atoms with Crippen LogP contribution >= 0.6 is 11.3 Å². The lowest BCUT2D eigenvalue weighted by molar-refractivity contribution is -0.144. The highest BCUT2D eigenvalue weighted by Crippen LogP contribution is 2.37. The third kappa shape index (κ3) is 13.9. The standard InChI is InChI=1S/C61H74N12O8S/c1-9-52(75)65-44-18-12-40(13-19-44)34-73-56-43(35-71(60(73)79)47-29-49(80-7)32-50(30-47)81-8)33-62-59(68-56)66-45-20-22-46(23-21-45)70-27-25-69(26-28-70)24-10-11-53(76)67-55(61(4,5)6)58(78)72-36-48(74)31-51(72)57(77)64-38(2)41-14-16-42(17-15-41)54-39(3)63-37-82-54/h12-23,29-30,32-33,37-38,48,51,55,74H,9-11,24-28,31,34-36H2,1-8H3,(H,64,77)(H,65,75)(H,67,76)(H,62,66,68)/t38-,48+,51-,55+/m0/s1. The molecule has 21 heteroatoms. The highest BCUT2D eigenvalue weighted by atomic mass is 32.1. The number of anilines is 6. The van der Waals surface area contributed by atoms with Gasteiger partial charge in [-0.3, -0.25) is 33.9 Å². The topological polar surface area (TPSA) is 227 Å². The highest BCUT2D eigenvalue weighted by molar-refractivity contribution is 7.13. The zero-order chi connectivity index (χ0) is 58.2. The summed E-state index contributed by atoms with van der Waals surface area (Å²) in [7, 11) is 3.12. The van der Waals surface area contributed by atoms with Crippen molar-refractivity contribution in [1.29, 1.82) is 0 Å². The summed E-state index contributed by atoms with van der Waals surface area (Å²) in [5.74, 6) is 0.814. The van der Waals surface area contributed by atoms with Gasteiger partial charge in [0, 0.05) is 99.0 Å². The van der Waals surface area contributed by atoms with Crippen molar-refractivity contribution < 1.29 is 38.6 Å². The Labute approximate surface area is 483 Å². The van der Waals surface area contributed by atoms with E-state index >= 15 is 0 Å². The summed E-state index contributed by atoms with van der Waals surface area (Å²) in [6.07, 6.45) is 2.17. The van der Waals surface area contributed by atoms with Crippen molar-refractivity contribution >= 4 is 75.5 Å². The van der Waals surface area contributed by atoms with E-state index in [0.717, 1.165) is 70.4 Å². The van der Waals surface area contributed by atoms with Gasteiger partial charge in [0.2, 0.25) is 29.6 Å². The molecule has 0 saturated carbocycles. The zero-order valence-electron chi connectivity index (χ0n) is 47.9. The molecule has 0 bridgehead atoms. The van der Waals surface area contributed by atoms with Gasteiger partial charge in [0.1, 0.15) is 29.4 Å². The number of rotatable bonds is 20. The number of urea groups is 1. The molecule has 432 valence electrons. The Morgan fingerprint density at radius 2 is 1.52 bits per heavy atom. The monoisotopic (exact) mass is 1130 g/mol. The SMILES string of the molecule is CCC(=O)Nc1ccc(CN2C(=O)N(c3cc(OC)cc(OC)c3)Cc3cnc(Nc4ccc(N5CCN(CCCC(=O)N[C@H](C(=O)N6C[C@H](O)C[C@H]6C(=O)N[C@@H](C)c6ccc(-c7scnc7C)cc6)C(C)(C)C)CC5)cc4)nc32)cc1. The summed E-state index contributed by atoms with van der Waals surface area (Å²) < 4.78 is 11.1. The second-order valence-corrected chi connectivity index (χ2v) is 23.0. The summed E-state index contributed by atoms with van der Waals surface area (Å²) in [5, 5.41) is 23.0. The van der Waals surface area contributed by atoms with Crippen LogP contribution in [0.15, 0.2) is 103 Å². The van der Waals surface area contributed by atoms with E-state index in [4.69, 9.17) is 14.5 Å². The highest BCUT2D eigenvalue weighted by Gasteiger charge is 2.45. The van der Waals surface area contributed by atoms with Crippen LogP contribution in [0, 0.1) is 12.3 Å². The molecule has 0 unspecified atom stereocenters. The predicted octanol–water partition coefficient (Wildman–Crippen LogP) is 8.44. The molecule has 0 radical (unpaired) electrons. The van der Waals surface area contributed by atoms with E-state index in [1.807, 2.05) is 101 Å². The Kier molecular flexibility index (Phi) is 18.4. The minimum atomic E-state index is -0.904. The Hall–Kier alpha value is -8.14. The molecular weight excluding hydrogens is 1060 g/mol. The quantitative estimate of drug-likeness (QED) is 0.0484. The minimum Gasteiger partial charge on any atom is -0.497 e. The van der Waals surface area contributed by atoms with Crippen molar-refractivity contribution in [3.05, 3.63) is 125 Å². The maximum Gasteiger partial charge on any atom is 0.330 e. The fourth-order valence-corrected chi connectivity index (χ4v) is 11.3. The molecule has 4 atom stereocenters. The number of nitrogens with zero attached hydrogens (tertiary/aromatic N) is 8. The van der Waals surface area contributed by atoms with Crippen molar-refractivity contribution in [3.8, 4) is 21.9 Å². The number of thiazole rings is 1. The minimum absolute atomic E-state index is 0.00288. The molecule has 0 spiro atoms. The number of nitrogens with one attached hydrogen (secondary N) is 4. The molecule has 2 fully saturated rings.